The van der Waals surface area contributed by atoms with Crippen molar-refractivity contribution in [2.45, 2.75) is 6.54 Å². The monoisotopic (exact) mass is 301 g/mol. The molecule has 0 amide bonds. The van der Waals surface area contributed by atoms with Crippen molar-refractivity contribution < 1.29 is 4.39 Å². The lowest BCUT2D eigenvalue weighted by Gasteiger charge is -2.06. The van der Waals surface area contributed by atoms with E-state index in [-0.39, 0.29) is 5.82 Å². The van der Waals surface area contributed by atoms with Gasteiger partial charge in [0.15, 0.2) is 0 Å². The van der Waals surface area contributed by atoms with Gasteiger partial charge in [-0.3, -0.25) is 0 Å². The van der Waals surface area contributed by atoms with Crippen molar-refractivity contribution >= 4 is 17.4 Å². The van der Waals surface area contributed by atoms with E-state index in [4.69, 9.17) is 17.3 Å². The van der Waals surface area contributed by atoms with E-state index in [9.17, 15) is 4.39 Å². The summed E-state index contributed by atoms with van der Waals surface area (Å²) in [6, 6.07) is 15.5. The predicted molar refractivity (Wildman–Crippen MR) is 82.6 cm³/mol. The number of hydrogen-bond acceptors (Lipinski definition) is 2. The van der Waals surface area contributed by atoms with Crippen molar-refractivity contribution in [2.24, 2.45) is 0 Å². The zero-order chi connectivity index (χ0) is 14.8. The fourth-order valence-corrected chi connectivity index (χ4v) is 2.30. The fraction of sp³-hybridized carbons (Fsp3) is 0.0625. The summed E-state index contributed by atoms with van der Waals surface area (Å²) in [5.74, 6) is 0.261. The zero-order valence-electron chi connectivity index (χ0n) is 11.1. The molecule has 0 saturated heterocycles. The van der Waals surface area contributed by atoms with Gasteiger partial charge in [0.1, 0.15) is 11.6 Å². The van der Waals surface area contributed by atoms with Crippen LogP contribution in [0.4, 0.5) is 10.2 Å². The second-order valence-corrected chi connectivity index (χ2v) is 5.12. The number of hydrogen-bond donors (Lipinski definition) is 1. The molecule has 0 atom stereocenters. The maximum Gasteiger partial charge on any atom is 0.123 e. The predicted octanol–water partition coefficient (Wildman–Crippen LogP) is 3.97. The number of nitrogen functional groups attached to an aromatic ring is 1. The van der Waals surface area contributed by atoms with Crippen LogP contribution in [0, 0.1) is 5.82 Å². The highest BCUT2D eigenvalue weighted by molar-refractivity contribution is 6.31. The Kier molecular flexibility index (Phi) is 3.62. The molecule has 0 saturated carbocycles. The number of benzene rings is 2. The topological polar surface area (TPSA) is 43.8 Å². The average Bonchev–Trinajstić information content (AvgIpc) is 2.83. The van der Waals surface area contributed by atoms with Crippen LogP contribution in [-0.2, 0) is 6.54 Å². The summed E-state index contributed by atoms with van der Waals surface area (Å²) < 4.78 is 14.6. The van der Waals surface area contributed by atoms with Crippen LogP contribution in [0.2, 0.25) is 5.02 Å². The van der Waals surface area contributed by atoms with Crippen molar-refractivity contribution in [3.63, 3.8) is 0 Å². The average molecular weight is 302 g/mol. The molecule has 0 unspecified atom stereocenters. The van der Waals surface area contributed by atoms with Crippen molar-refractivity contribution in [1.29, 1.82) is 0 Å². The standard InChI is InChI=1S/C16H13ClFN3/c17-14-4-2-1-3-12(14)10-21-16(19)9-15(20-21)11-5-7-13(18)8-6-11/h1-9H,10,19H2. The van der Waals surface area contributed by atoms with Crippen LogP contribution in [0.15, 0.2) is 54.6 Å². The van der Waals surface area contributed by atoms with E-state index in [0.29, 0.717) is 23.1 Å². The van der Waals surface area contributed by atoms with E-state index >= 15 is 0 Å². The molecule has 21 heavy (non-hydrogen) atoms. The first-order chi connectivity index (χ1) is 10.1. The molecule has 3 rings (SSSR count). The number of halogens is 2. The maximum absolute atomic E-state index is 13.0. The highest BCUT2D eigenvalue weighted by atomic mass is 35.5. The van der Waals surface area contributed by atoms with E-state index in [1.165, 1.54) is 12.1 Å². The Labute approximate surface area is 126 Å². The molecule has 2 aromatic carbocycles. The third kappa shape index (κ3) is 2.90. The lowest BCUT2D eigenvalue weighted by Crippen LogP contribution is -2.06. The molecule has 0 aliphatic carbocycles. The Bertz CT molecular complexity index is 765. The minimum Gasteiger partial charge on any atom is -0.384 e. The molecule has 2 N–H and O–H groups in total. The van der Waals surface area contributed by atoms with Gasteiger partial charge >= 0.3 is 0 Å². The Hall–Kier alpha value is -2.33. The lowest BCUT2D eigenvalue weighted by molar-refractivity contribution is 0.628. The fourth-order valence-electron chi connectivity index (χ4n) is 2.11. The highest BCUT2D eigenvalue weighted by Gasteiger charge is 2.09. The van der Waals surface area contributed by atoms with Gasteiger partial charge in [0.05, 0.1) is 12.2 Å². The molecule has 3 nitrogen and oxygen atoms in total. The van der Waals surface area contributed by atoms with Gasteiger partial charge in [-0.25, -0.2) is 9.07 Å². The maximum atomic E-state index is 13.0. The highest BCUT2D eigenvalue weighted by Crippen LogP contribution is 2.23. The summed E-state index contributed by atoms with van der Waals surface area (Å²) in [4.78, 5) is 0. The van der Waals surface area contributed by atoms with E-state index in [1.54, 1.807) is 22.9 Å². The van der Waals surface area contributed by atoms with Crippen LogP contribution in [0.25, 0.3) is 11.3 Å². The van der Waals surface area contributed by atoms with Gasteiger partial charge in [0.2, 0.25) is 0 Å². The van der Waals surface area contributed by atoms with Crippen LogP contribution < -0.4 is 5.73 Å². The quantitative estimate of drug-likeness (QED) is 0.795. The van der Waals surface area contributed by atoms with E-state index in [2.05, 4.69) is 5.10 Å². The zero-order valence-corrected chi connectivity index (χ0v) is 11.9. The van der Waals surface area contributed by atoms with Gasteiger partial charge in [0, 0.05) is 16.7 Å². The van der Waals surface area contributed by atoms with Crippen LogP contribution in [0.5, 0.6) is 0 Å². The molecule has 0 aliphatic heterocycles. The third-order valence-corrected chi connectivity index (χ3v) is 3.60. The van der Waals surface area contributed by atoms with Gasteiger partial charge in [-0.05, 0) is 35.9 Å². The summed E-state index contributed by atoms with van der Waals surface area (Å²) in [6.45, 7) is 0.493. The molecule has 0 radical (unpaired) electrons. The summed E-state index contributed by atoms with van der Waals surface area (Å²) in [6.07, 6.45) is 0. The molecule has 0 aliphatic rings. The smallest absolute Gasteiger partial charge is 0.123 e. The van der Waals surface area contributed by atoms with Crippen molar-refractivity contribution in [2.75, 3.05) is 5.73 Å². The third-order valence-electron chi connectivity index (χ3n) is 3.23. The van der Waals surface area contributed by atoms with Gasteiger partial charge in [-0.15, -0.1) is 0 Å². The van der Waals surface area contributed by atoms with E-state index < -0.39 is 0 Å². The second kappa shape index (κ2) is 5.58. The lowest BCUT2D eigenvalue weighted by atomic mass is 10.1. The molecule has 106 valence electrons. The molecular weight excluding hydrogens is 289 g/mol. The summed E-state index contributed by atoms with van der Waals surface area (Å²) >= 11 is 6.14. The molecule has 1 heterocycles. The van der Waals surface area contributed by atoms with Crippen molar-refractivity contribution in [1.82, 2.24) is 9.78 Å². The van der Waals surface area contributed by atoms with Crippen molar-refractivity contribution in [3.05, 3.63) is 71.0 Å². The first-order valence-electron chi connectivity index (χ1n) is 6.46. The first kappa shape index (κ1) is 13.6. The second-order valence-electron chi connectivity index (χ2n) is 4.71. The number of anilines is 1. The van der Waals surface area contributed by atoms with Crippen molar-refractivity contribution in [3.8, 4) is 11.3 Å². The molecular formula is C16H13ClFN3. The summed E-state index contributed by atoms with van der Waals surface area (Å²) in [5, 5.41) is 5.13. The Morgan fingerprint density at radius 1 is 1.10 bits per heavy atom. The normalized spacial score (nSPS) is 10.8. The largest absolute Gasteiger partial charge is 0.384 e. The van der Waals surface area contributed by atoms with E-state index in [0.717, 1.165) is 11.1 Å². The van der Waals surface area contributed by atoms with Crippen LogP contribution >= 0.6 is 11.6 Å². The Balaban J connectivity index is 1.91. The minimum atomic E-state index is -0.276. The van der Waals surface area contributed by atoms with Gasteiger partial charge in [0.25, 0.3) is 0 Å². The molecule has 0 fully saturated rings. The molecule has 0 spiro atoms. The summed E-state index contributed by atoms with van der Waals surface area (Å²) in [7, 11) is 0. The molecule has 5 heteroatoms. The number of aromatic nitrogens is 2. The molecule has 3 aromatic rings. The SMILES string of the molecule is Nc1cc(-c2ccc(F)cc2)nn1Cc1ccccc1Cl. The summed E-state index contributed by atoms with van der Waals surface area (Å²) in [5.41, 5.74) is 8.46. The number of nitrogens with zero attached hydrogens (tertiary/aromatic N) is 2. The van der Waals surface area contributed by atoms with Crippen LogP contribution in [-0.4, -0.2) is 9.78 Å². The van der Waals surface area contributed by atoms with Gasteiger partial charge in [-0.2, -0.15) is 5.10 Å². The molecule has 1 aromatic heterocycles. The van der Waals surface area contributed by atoms with E-state index in [1.807, 2.05) is 24.3 Å². The van der Waals surface area contributed by atoms with Crippen LogP contribution in [0.1, 0.15) is 5.56 Å². The van der Waals surface area contributed by atoms with Crippen LogP contribution in [0.3, 0.4) is 0 Å². The molecule has 0 bridgehead atoms. The van der Waals surface area contributed by atoms with Gasteiger partial charge in [-0.1, -0.05) is 29.8 Å². The number of rotatable bonds is 3. The van der Waals surface area contributed by atoms with Gasteiger partial charge < -0.3 is 5.73 Å². The minimum absolute atomic E-state index is 0.276. The first-order valence-corrected chi connectivity index (χ1v) is 6.84. The number of nitrogens with two attached hydrogens (primary N) is 1. The Morgan fingerprint density at radius 3 is 2.52 bits per heavy atom. The Morgan fingerprint density at radius 2 is 1.81 bits per heavy atom.